The highest BCUT2D eigenvalue weighted by Crippen LogP contribution is 2.63. The monoisotopic (exact) mass is 496 g/mol. The van der Waals surface area contributed by atoms with E-state index in [2.05, 4.69) is 46.8 Å². The highest BCUT2D eigenvalue weighted by molar-refractivity contribution is 7.99. The molecule has 1 aromatic carbocycles. The maximum atomic E-state index is 10.8. The number of nitrogens with one attached hydrogen (secondary N) is 1. The quantitative estimate of drug-likeness (QED) is 0.288. The third-order valence-electron chi connectivity index (χ3n) is 8.07. The topological polar surface area (TPSA) is 129 Å². The number of hydrogen-bond donors (Lipinski definition) is 4. The van der Waals surface area contributed by atoms with Crippen LogP contribution in [0.5, 0.6) is 0 Å². The van der Waals surface area contributed by atoms with Crippen molar-refractivity contribution in [1.82, 2.24) is 25.0 Å². The van der Waals surface area contributed by atoms with E-state index in [1.807, 2.05) is 6.07 Å². The van der Waals surface area contributed by atoms with Crippen LogP contribution in [0.25, 0.3) is 11.2 Å². The Morgan fingerprint density at radius 1 is 1.09 bits per heavy atom. The van der Waals surface area contributed by atoms with Crippen LogP contribution >= 0.6 is 11.8 Å². The second kappa shape index (κ2) is 8.99. The first-order chi connectivity index (χ1) is 17.0. The van der Waals surface area contributed by atoms with Gasteiger partial charge in [-0.1, -0.05) is 60.7 Å². The maximum Gasteiger partial charge on any atom is 0.191 e. The molecular weight excluding hydrogens is 464 g/mol. The lowest BCUT2D eigenvalue weighted by atomic mass is 9.94. The Morgan fingerprint density at radius 3 is 2.63 bits per heavy atom. The van der Waals surface area contributed by atoms with E-state index >= 15 is 0 Å². The van der Waals surface area contributed by atoms with Crippen molar-refractivity contribution >= 4 is 28.7 Å². The summed E-state index contributed by atoms with van der Waals surface area (Å²) in [5.74, 6) is 1.93. The number of aliphatic hydroxyl groups is 3. The Morgan fingerprint density at radius 2 is 1.89 bits per heavy atom. The van der Waals surface area contributed by atoms with Crippen molar-refractivity contribution in [3.05, 3.63) is 35.9 Å². The molecule has 2 heterocycles. The Hall–Kier alpha value is -2.27. The fourth-order valence-electron chi connectivity index (χ4n) is 6.12. The van der Waals surface area contributed by atoms with Gasteiger partial charge in [-0.05, 0) is 37.7 Å². The van der Waals surface area contributed by atoms with Gasteiger partial charge in [0.1, 0.15) is 12.2 Å². The molecule has 3 saturated carbocycles. The van der Waals surface area contributed by atoms with Gasteiger partial charge in [-0.25, -0.2) is 14.6 Å². The van der Waals surface area contributed by atoms with Gasteiger partial charge >= 0.3 is 0 Å². The minimum atomic E-state index is -1.21. The van der Waals surface area contributed by atoms with Gasteiger partial charge in [0.2, 0.25) is 0 Å². The Bertz CT molecular complexity index is 1200. The van der Waals surface area contributed by atoms with Crippen molar-refractivity contribution < 1.29 is 15.3 Å². The predicted octanol–water partition coefficient (Wildman–Crippen LogP) is 2.89. The number of thioether (sulfide) groups is 1. The Balaban J connectivity index is 1.39. The molecule has 0 saturated heterocycles. The molecule has 35 heavy (non-hydrogen) atoms. The minimum absolute atomic E-state index is 0.222. The van der Waals surface area contributed by atoms with Crippen LogP contribution in [-0.2, 0) is 0 Å². The molecule has 0 aliphatic heterocycles. The first-order valence-corrected chi connectivity index (χ1v) is 13.6. The third kappa shape index (κ3) is 3.82. The molecule has 186 valence electrons. The van der Waals surface area contributed by atoms with E-state index in [1.165, 1.54) is 5.56 Å². The highest BCUT2D eigenvalue weighted by Gasteiger charge is 2.67. The molecule has 0 amide bonds. The van der Waals surface area contributed by atoms with Crippen LogP contribution in [0, 0.1) is 5.41 Å². The zero-order chi connectivity index (χ0) is 24.2. The van der Waals surface area contributed by atoms with Gasteiger partial charge in [-0.15, -0.1) is 5.10 Å². The van der Waals surface area contributed by atoms with E-state index in [0.29, 0.717) is 28.1 Å². The number of aliphatic hydroxyl groups excluding tert-OH is 3. The molecule has 2 aromatic heterocycles. The summed E-state index contributed by atoms with van der Waals surface area (Å²) in [6.45, 7) is 2.12. The SMILES string of the molecule is CCCSc1nc(NC2CCCC2c2ccccc2)c2nnn(C3C(O)C(O)C(O)C34CC4)c2n1. The summed E-state index contributed by atoms with van der Waals surface area (Å²) in [6.07, 6.45) is 2.42. The van der Waals surface area contributed by atoms with Crippen LogP contribution in [0.2, 0.25) is 0 Å². The highest BCUT2D eigenvalue weighted by atomic mass is 32.2. The van der Waals surface area contributed by atoms with Crippen molar-refractivity contribution in [2.45, 2.75) is 86.9 Å². The molecule has 6 atom stereocenters. The third-order valence-corrected chi connectivity index (χ3v) is 9.12. The summed E-state index contributed by atoms with van der Waals surface area (Å²) in [7, 11) is 0. The first kappa shape index (κ1) is 23.1. The minimum Gasteiger partial charge on any atom is -0.390 e. The number of fused-ring (bicyclic) bond motifs is 1. The Kier molecular flexibility index (Phi) is 5.95. The van der Waals surface area contributed by atoms with Crippen molar-refractivity contribution in [2.75, 3.05) is 11.1 Å². The molecule has 6 rings (SSSR count). The van der Waals surface area contributed by atoms with E-state index < -0.39 is 29.8 Å². The molecule has 4 N–H and O–H groups in total. The van der Waals surface area contributed by atoms with Gasteiger partial charge < -0.3 is 20.6 Å². The number of nitrogens with zero attached hydrogens (tertiary/aromatic N) is 5. The molecule has 10 heteroatoms. The lowest BCUT2D eigenvalue weighted by molar-refractivity contribution is -0.0309. The smallest absolute Gasteiger partial charge is 0.191 e. The molecule has 0 radical (unpaired) electrons. The van der Waals surface area contributed by atoms with Gasteiger partial charge in [0.15, 0.2) is 22.1 Å². The summed E-state index contributed by atoms with van der Waals surface area (Å²) in [4.78, 5) is 9.62. The van der Waals surface area contributed by atoms with Crippen LogP contribution in [0.15, 0.2) is 35.5 Å². The van der Waals surface area contributed by atoms with Crippen molar-refractivity contribution in [3.63, 3.8) is 0 Å². The normalized spacial score (nSPS) is 31.4. The fraction of sp³-hybridized carbons (Fsp3) is 0.600. The number of aromatic nitrogens is 5. The summed E-state index contributed by atoms with van der Waals surface area (Å²) in [6, 6.07) is 10.2. The van der Waals surface area contributed by atoms with Crippen molar-refractivity contribution in [2.24, 2.45) is 5.41 Å². The van der Waals surface area contributed by atoms with E-state index in [9.17, 15) is 15.3 Å². The van der Waals surface area contributed by atoms with E-state index in [-0.39, 0.29) is 6.04 Å². The summed E-state index contributed by atoms with van der Waals surface area (Å²) in [5.41, 5.74) is 1.83. The standard InChI is InChI=1S/C25H32N6O3S/c1-2-13-35-24-27-22(26-16-10-6-9-15(16)14-7-4-3-5-8-14)17-23(28-24)31(30-29-17)20-18(32)19(33)21(34)25(20)11-12-25/h3-5,7-8,15-16,18-21,32-34H,2,6,9-13H2,1H3,(H,26,27,28). The van der Waals surface area contributed by atoms with E-state index in [0.717, 1.165) is 44.3 Å². The summed E-state index contributed by atoms with van der Waals surface area (Å²) < 4.78 is 1.62. The second-order valence-corrected chi connectivity index (χ2v) is 11.3. The van der Waals surface area contributed by atoms with Gasteiger partial charge in [0.25, 0.3) is 0 Å². The van der Waals surface area contributed by atoms with Crippen molar-refractivity contribution in [3.8, 4) is 0 Å². The molecular formula is C25H32N6O3S. The van der Waals surface area contributed by atoms with Crippen molar-refractivity contribution in [1.29, 1.82) is 0 Å². The number of anilines is 1. The molecule has 3 aliphatic carbocycles. The lowest BCUT2D eigenvalue weighted by Gasteiger charge is -2.23. The zero-order valence-electron chi connectivity index (χ0n) is 19.8. The number of benzene rings is 1. The molecule has 6 unspecified atom stereocenters. The second-order valence-electron chi connectivity index (χ2n) is 10.2. The molecule has 0 bridgehead atoms. The predicted molar refractivity (Wildman–Crippen MR) is 133 cm³/mol. The Labute approximate surface area is 208 Å². The van der Waals surface area contributed by atoms with E-state index in [1.54, 1.807) is 16.4 Å². The summed E-state index contributed by atoms with van der Waals surface area (Å²) in [5, 5.41) is 45.1. The van der Waals surface area contributed by atoms with Crippen LogP contribution in [0.4, 0.5) is 5.82 Å². The summed E-state index contributed by atoms with van der Waals surface area (Å²) >= 11 is 1.58. The van der Waals surface area contributed by atoms with E-state index in [4.69, 9.17) is 9.97 Å². The van der Waals surface area contributed by atoms with Crippen LogP contribution < -0.4 is 5.32 Å². The van der Waals surface area contributed by atoms with Gasteiger partial charge in [-0.3, -0.25) is 0 Å². The molecule has 3 aromatic rings. The van der Waals surface area contributed by atoms with Crippen LogP contribution in [-0.4, -0.2) is 70.4 Å². The fourth-order valence-corrected chi connectivity index (χ4v) is 6.81. The zero-order valence-corrected chi connectivity index (χ0v) is 20.6. The largest absolute Gasteiger partial charge is 0.390 e. The van der Waals surface area contributed by atoms with Crippen LogP contribution in [0.3, 0.4) is 0 Å². The van der Waals surface area contributed by atoms with Gasteiger partial charge in [0, 0.05) is 23.1 Å². The number of hydrogen-bond acceptors (Lipinski definition) is 9. The number of rotatable bonds is 7. The van der Waals surface area contributed by atoms with Gasteiger partial charge in [-0.2, -0.15) is 0 Å². The molecule has 9 nitrogen and oxygen atoms in total. The molecule has 1 spiro atoms. The van der Waals surface area contributed by atoms with Gasteiger partial charge in [0.05, 0.1) is 12.1 Å². The maximum absolute atomic E-state index is 10.8. The average Bonchev–Trinajstić information content (AvgIpc) is 3.28. The molecule has 3 fully saturated rings. The lowest BCUT2D eigenvalue weighted by Crippen LogP contribution is -2.31. The van der Waals surface area contributed by atoms with Crippen LogP contribution in [0.1, 0.15) is 63.0 Å². The average molecular weight is 497 g/mol. The first-order valence-electron chi connectivity index (χ1n) is 12.6. The molecule has 3 aliphatic rings.